The smallest absolute Gasteiger partial charge is 0.386 e. The van der Waals surface area contributed by atoms with E-state index in [9.17, 15) is 22.8 Å². The summed E-state index contributed by atoms with van der Waals surface area (Å²) in [6.07, 6.45) is 2.10. The molecule has 1 saturated heterocycles. The number of anilines is 1. The first-order valence-electron chi connectivity index (χ1n) is 9.89. The van der Waals surface area contributed by atoms with E-state index in [2.05, 4.69) is 20.3 Å². The normalized spacial score (nSPS) is 23.7. The zero-order chi connectivity index (χ0) is 22.4. The molecule has 1 aliphatic heterocycles. The van der Waals surface area contributed by atoms with Gasteiger partial charge in [-0.3, -0.25) is 0 Å². The largest absolute Gasteiger partial charge is 0.419 e. The average molecular weight is 456 g/mol. The lowest BCUT2D eigenvalue weighted by molar-refractivity contribution is -0.137. The van der Waals surface area contributed by atoms with Crippen molar-refractivity contribution in [2.75, 3.05) is 38.4 Å². The summed E-state index contributed by atoms with van der Waals surface area (Å²) in [6, 6.07) is 0. The van der Waals surface area contributed by atoms with E-state index in [-0.39, 0.29) is 36.0 Å². The van der Waals surface area contributed by atoms with Crippen LogP contribution in [0.1, 0.15) is 35.3 Å². The minimum Gasteiger partial charge on any atom is -0.386 e. The van der Waals surface area contributed by atoms with Crippen molar-refractivity contribution in [1.82, 2.24) is 15.0 Å². The van der Waals surface area contributed by atoms with E-state index in [0.29, 0.717) is 30.7 Å². The summed E-state index contributed by atoms with van der Waals surface area (Å²) in [4.78, 5) is 11.0. The maximum absolute atomic E-state index is 13.7. The van der Waals surface area contributed by atoms with Crippen molar-refractivity contribution in [3.63, 3.8) is 0 Å². The third-order valence-electron chi connectivity index (χ3n) is 5.69. The lowest BCUT2D eigenvalue weighted by Crippen LogP contribution is -2.37. The van der Waals surface area contributed by atoms with Gasteiger partial charge in [0.1, 0.15) is 11.2 Å². The number of hydrogen-bond acceptors (Lipinski definition) is 6. The van der Waals surface area contributed by atoms with Crippen LogP contribution >= 0.6 is 7.14 Å². The summed E-state index contributed by atoms with van der Waals surface area (Å²) in [7, 11) is -2.53. The van der Waals surface area contributed by atoms with Gasteiger partial charge in [-0.05, 0) is 19.8 Å². The summed E-state index contributed by atoms with van der Waals surface area (Å²) in [5, 5.41) is 13.2. The van der Waals surface area contributed by atoms with Gasteiger partial charge < -0.3 is 24.7 Å². The van der Waals surface area contributed by atoms with Crippen LogP contribution < -0.4 is 5.32 Å². The van der Waals surface area contributed by atoms with Gasteiger partial charge in [0.25, 0.3) is 0 Å². The van der Waals surface area contributed by atoms with Crippen LogP contribution in [0.4, 0.5) is 19.1 Å². The minimum absolute atomic E-state index is 0.0220. The maximum Gasteiger partial charge on any atom is 0.419 e. The van der Waals surface area contributed by atoms with E-state index < -0.39 is 24.5 Å². The van der Waals surface area contributed by atoms with Crippen LogP contribution in [0.15, 0.2) is 18.5 Å². The SMILES string of the molecule is CP(C)(=O)C1CC=Cc2c(-c3nc(NCC4(O)CCOC4)ncc3C(F)(F)F)c[nH]c21. The molecule has 1 fully saturated rings. The molecule has 0 aromatic carbocycles. The minimum atomic E-state index is -4.65. The Morgan fingerprint density at radius 3 is 2.84 bits per heavy atom. The molecule has 2 aromatic rings. The number of aromatic nitrogens is 3. The molecule has 3 heterocycles. The van der Waals surface area contributed by atoms with Gasteiger partial charge in [0.05, 0.1) is 25.1 Å². The summed E-state index contributed by atoms with van der Waals surface area (Å²) in [6.45, 7) is 3.96. The predicted octanol–water partition coefficient (Wildman–Crippen LogP) is 4.13. The second-order valence-corrected chi connectivity index (χ2v) is 11.9. The molecule has 11 heteroatoms. The molecule has 0 amide bonds. The Kier molecular flexibility index (Phi) is 5.52. The van der Waals surface area contributed by atoms with E-state index in [1.165, 1.54) is 6.20 Å². The topological polar surface area (TPSA) is 100 Å². The molecule has 2 unspecified atom stereocenters. The first-order valence-corrected chi connectivity index (χ1v) is 12.6. The quantitative estimate of drug-likeness (QED) is 0.585. The number of H-pyrrole nitrogens is 1. The van der Waals surface area contributed by atoms with E-state index in [4.69, 9.17) is 4.74 Å². The van der Waals surface area contributed by atoms with Crippen LogP contribution in [-0.4, -0.2) is 58.7 Å². The van der Waals surface area contributed by atoms with Crippen molar-refractivity contribution in [2.24, 2.45) is 0 Å². The molecule has 31 heavy (non-hydrogen) atoms. The highest BCUT2D eigenvalue weighted by Crippen LogP contribution is 2.57. The number of ether oxygens (including phenoxy) is 1. The van der Waals surface area contributed by atoms with E-state index in [1.807, 2.05) is 6.08 Å². The fraction of sp³-hybridized carbons (Fsp3) is 0.500. The van der Waals surface area contributed by atoms with Gasteiger partial charge in [0.15, 0.2) is 0 Å². The van der Waals surface area contributed by atoms with E-state index in [0.717, 1.165) is 6.20 Å². The van der Waals surface area contributed by atoms with Crippen molar-refractivity contribution in [2.45, 2.75) is 30.3 Å². The molecule has 0 radical (unpaired) electrons. The lowest BCUT2D eigenvalue weighted by atomic mass is 9.98. The number of halogens is 3. The standard InChI is InChI=1S/C20H24F3N4O3P/c1-31(2,29)15-5-3-4-12-13(8-24-17(12)15)16-14(20(21,22)23)9-25-18(27-16)26-10-19(28)6-7-30-11-19/h3-4,8-9,15,24,28H,5-7,10-11H2,1-2H3,(H,25,26,27). The second kappa shape index (κ2) is 7.76. The van der Waals surface area contributed by atoms with Crippen LogP contribution in [0, 0.1) is 0 Å². The third kappa shape index (κ3) is 4.42. The Hall–Kier alpha value is -2.16. The van der Waals surface area contributed by atoms with Gasteiger partial charge >= 0.3 is 6.18 Å². The fourth-order valence-corrected chi connectivity index (χ4v) is 5.42. The maximum atomic E-state index is 13.7. The Labute approximate surface area is 177 Å². The van der Waals surface area contributed by atoms with Gasteiger partial charge in [-0.2, -0.15) is 13.2 Å². The highest BCUT2D eigenvalue weighted by atomic mass is 31.2. The summed E-state index contributed by atoms with van der Waals surface area (Å²) >= 11 is 0. The predicted molar refractivity (Wildman–Crippen MR) is 112 cm³/mol. The monoisotopic (exact) mass is 456 g/mol. The molecular weight excluding hydrogens is 432 g/mol. The summed E-state index contributed by atoms with van der Waals surface area (Å²) in [5.74, 6) is -0.0220. The Morgan fingerprint density at radius 2 is 2.19 bits per heavy atom. The number of hydrogen-bond donors (Lipinski definition) is 3. The van der Waals surface area contributed by atoms with Crippen LogP contribution in [-0.2, 0) is 15.5 Å². The number of rotatable bonds is 5. The molecule has 2 aliphatic rings. The van der Waals surface area contributed by atoms with Gasteiger partial charge in [0.2, 0.25) is 5.95 Å². The lowest BCUT2D eigenvalue weighted by Gasteiger charge is -2.23. The molecule has 4 rings (SSSR count). The van der Waals surface area contributed by atoms with Gasteiger partial charge in [-0.1, -0.05) is 12.2 Å². The number of aliphatic hydroxyl groups is 1. The van der Waals surface area contributed by atoms with Crippen molar-refractivity contribution >= 4 is 19.2 Å². The first-order chi connectivity index (χ1) is 14.5. The fourth-order valence-electron chi connectivity index (χ4n) is 3.96. The van der Waals surface area contributed by atoms with Crippen LogP contribution in [0.25, 0.3) is 17.3 Å². The Balaban J connectivity index is 1.74. The van der Waals surface area contributed by atoms with E-state index in [1.54, 1.807) is 19.4 Å². The molecule has 7 nitrogen and oxygen atoms in total. The van der Waals surface area contributed by atoms with Crippen molar-refractivity contribution < 1.29 is 27.6 Å². The number of fused-ring (bicyclic) bond motifs is 1. The van der Waals surface area contributed by atoms with Crippen LogP contribution in [0.2, 0.25) is 0 Å². The Morgan fingerprint density at radius 1 is 1.42 bits per heavy atom. The van der Waals surface area contributed by atoms with Crippen molar-refractivity contribution in [1.29, 1.82) is 0 Å². The molecule has 0 saturated carbocycles. The average Bonchev–Trinajstić information content (AvgIpc) is 3.31. The van der Waals surface area contributed by atoms with Crippen LogP contribution in [0.5, 0.6) is 0 Å². The van der Waals surface area contributed by atoms with Crippen LogP contribution in [0.3, 0.4) is 0 Å². The molecular formula is C20H24F3N4O3P. The second-order valence-electron chi connectivity index (χ2n) is 8.45. The molecule has 2 atom stereocenters. The Bertz CT molecular complexity index is 1050. The third-order valence-corrected chi connectivity index (χ3v) is 7.66. The zero-order valence-corrected chi connectivity index (χ0v) is 18.1. The van der Waals surface area contributed by atoms with Gasteiger partial charge in [0, 0.05) is 48.8 Å². The molecule has 3 N–H and O–H groups in total. The number of allylic oxidation sites excluding steroid dienone is 1. The number of alkyl halides is 3. The molecule has 0 spiro atoms. The van der Waals surface area contributed by atoms with Crippen molar-refractivity contribution in [3.05, 3.63) is 35.3 Å². The van der Waals surface area contributed by atoms with Gasteiger partial charge in [-0.15, -0.1) is 0 Å². The molecule has 0 bridgehead atoms. The number of nitrogens with zero attached hydrogens (tertiary/aromatic N) is 2. The van der Waals surface area contributed by atoms with Crippen molar-refractivity contribution in [3.8, 4) is 11.3 Å². The van der Waals surface area contributed by atoms with E-state index >= 15 is 0 Å². The first kappa shape index (κ1) is 22.0. The highest BCUT2D eigenvalue weighted by Gasteiger charge is 2.38. The highest BCUT2D eigenvalue weighted by molar-refractivity contribution is 7.62. The molecule has 2 aromatic heterocycles. The van der Waals surface area contributed by atoms with Gasteiger partial charge in [-0.25, -0.2) is 9.97 Å². The number of aromatic amines is 1. The summed E-state index contributed by atoms with van der Waals surface area (Å²) in [5.41, 5.74) is -1.16. The molecule has 1 aliphatic carbocycles. The zero-order valence-electron chi connectivity index (χ0n) is 17.2. The summed E-state index contributed by atoms with van der Waals surface area (Å²) < 4.78 is 59.1. The number of nitrogens with one attached hydrogen (secondary N) is 2. The molecule has 168 valence electrons.